The van der Waals surface area contributed by atoms with Gasteiger partial charge in [-0.3, -0.25) is 10.1 Å². The van der Waals surface area contributed by atoms with Crippen LogP contribution in [0.5, 0.6) is 11.5 Å². The van der Waals surface area contributed by atoms with Crippen molar-refractivity contribution in [3.63, 3.8) is 0 Å². The van der Waals surface area contributed by atoms with Gasteiger partial charge in [-0.2, -0.15) is 0 Å². The Morgan fingerprint density at radius 3 is 2.15 bits per heavy atom. The summed E-state index contributed by atoms with van der Waals surface area (Å²) in [6.07, 6.45) is 0. The summed E-state index contributed by atoms with van der Waals surface area (Å²) in [6, 6.07) is 19.7. The monoisotopic (exact) mass is 363 g/mol. The van der Waals surface area contributed by atoms with Crippen LogP contribution >= 0.6 is 0 Å². The highest BCUT2D eigenvalue weighted by Gasteiger charge is 2.10. The lowest BCUT2D eigenvalue weighted by Gasteiger charge is -2.13. The third-order valence-corrected chi connectivity index (χ3v) is 3.80. The molecule has 3 aromatic rings. The number of rotatable bonds is 5. The highest BCUT2D eigenvalue weighted by molar-refractivity contribution is 6.01. The molecule has 3 rings (SSSR count). The van der Waals surface area contributed by atoms with Crippen LogP contribution in [0, 0.1) is 17.0 Å². The van der Waals surface area contributed by atoms with Crippen molar-refractivity contribution in [1.29, 1.82) is 0 Å². The lowest BCUT2D eigenvalue weighted by atomic mass is 10.2. The molecule has 7 heteroatoms. The number of para-hydroxylation sites is 3. The van der Waals surface area contributed by atoms with Gasteiger partial charge in [0.2, 0.25) is 0 Å². The van der Waals surface area contributed by atoms with Gasteiger partial charge in [-0.05, 0) is 42.8 Å². The fraction of sp³-hybridized carbons (Fsp3) is 0.0500. The predicted octanol–water partition coefficient (Wildman–Crippen LogP) is 5.34. The van der Waals surface area contributed by atoms with Crippen LogP contribution in [0.15, 0.2) is 72.8 Å². The maximum absolute atomic E-state index is 12.3. The van der Waals surface area contributed by atoms with Crippen LogP contribution in [0.3, 0.4) is 0 Å². The number of nitrogens with one attached hydrogen (secondary N) is 2. The Labute approximate surface area is 155 Å². The highest BCUT2D eigenvalue weighted by atomic mass is 16.6. The molecule has 2 amide bonds. The van der Waals surface area contributed by atoms with Gasteiger partial charge in [-0.25, -0.2) is 4.79 Å². The van der Waals surface area contributed by atoms with Crippen LogP contribution in [0.4, 0.5) is 21.9 Å². The Morgan fingerprint density at radius 1 is 0.889 bits per heavy atom. The van der Waals surface area contributed by atoms with E-state index < -0.39 is 11.0 Å². The molecule has 0 atom stereocenters. The largest absolute Gasteiger partial charge is 0.455 e. The highest BCUT2D eigenvalue weighted by Crippen LogP contribution is 2.30. The number of aryl methyl sites for hydroxylation is 1. The third kappa shape index (κ3) is 4.60. The molecule has 0 aliphatic carbocycles. The van der Waals surface area contributed by atoms with Crippen molar-refractivity contribution in [2.24, 2.45) is 0 Å². The lowest BCUT2D eigenvalue weighted by Crippen LogP contribution is -2.20. The van der Waals surface area contributed by atoms with Gasteiger partial charge >= 0.3 is 6.03 Å². The number of hydrogen-bond donors (Lipinski definition) is 2. The van der Waals surface area contributed by atoms with Gasteiger partial charge in [0.25, 0.3) is 5.69 Å². The normalized spacial score (nSPS) is 10.1. The summed E-state index contributed by atoms with van der Waals surface area (Å²) < 4.78 is 5.75. The van der Waals surface area contributed by atoms with Crippen LogP contribution in [0.25, 0.3) is 0 Å². The number of non-ortho nitro benzene ring substituents is 1. The number of amides is 2. The van der Waals surface area contributed by atoms with Crippen molar-refractivity contribution in [1.82, 2.24) is 0 Å². The molecule has 0 radical (unpaired) electrons. The van der Waals surface area contributed by atoms with E-state index >= 15 is 0 Å². The second kappa shape index (κ2) is 8.01. The van der Waals surface area contributed by atoms with Crippen LogP contribution in [0.1, 0.15) is 5.56 Å². The Balaban J connectivity index is 1.73. The molecule has 0 heterocycles. The first-order valence-corrected chi connectivity index (χ1v) is 8.18. The number of nitro groups is 1. The molecule has 2 N–H and O–H groups in total. The summed E-state index contributed by atoms with van der Waals surface area (Å²) in [4.78, 5) is 22.6. The van der Waals surface area contributed by atoms with E-state index in [9.17, 15) is 14.9 Å². The summed E-state index contributed by atoms with van der Waals surface area (Å²) in [6.45, 7) is 1.90. The minimum Gasteiger partial charge on any atom is -0.455 e. The molecule has 136 valence electrons. The predicted molar refractivity (Wildman–Crippen MR) is 103 cm³/mol. The molecule has 7 nitrogen and oxygen atoms in total. The van der Waals surface area contributed by atoms with Gasteiger partial charge in [0.1, 0.15) is 5.75 Å². The van der Waals surface area contributed by atoms with Crippen molar-refractivity contribution in [2.45, 2.75) is 6.92 Å². The zero-order valence-corrected chi connectivity index (χ0v) is 14.5. The minimum absolute atomic E-state index is 0.0219. The maximum atomic E-state index is 12.3. The number of anilines is 2. The summed E-state index contributed by atoms with van der Waals surface area (Å²) in [7, 11) is 0. The fourth-order valence-corrected chi connectivity index (χ4v) is 2.41. The first kappa shape index (κ1) is 17.9. The molecule has 0 spiro atoms. The first-order chi connectivity index (χ1) is 13.0. The molecule has 27 heavy (non-hydrogen) atoms. The molecule has 0 aliphatic rings. The van der Waals surface area contributed by atoms with Gasteiger partial charge in [-0.1, -0.05) is 30.3 Å². The van der Waals surface area contributed by atoms with Crippen LogP contribution < -0.4 is 15.4 Å². The number of ether oxygens (including phenoxy) is 1. The number of urea groups is 1. The number of carbonyl (C=O) groups excluding carboxylic acids is 1. The maximum Gasteiger partial charge on any atom is 0.323 e. The van der Waals surface area contributed by atoms with Gasteiger partial charge in [0.15, 0.2) is 5.75 Å². The molecule has 0 aliphatic heterocycles. The molecule has 0 saturated heterocycles. The smallest absolute Gasteiger partial charge is 0.323 e. The van der Waals surface area contributed by atoms with E-state index in [1.165, 1.54) is 24.3 Å². The van der Waals surface area contributed by atoms with Crippen molar-refractivity contribution in [2.75, 3.05) is 10.6 Å². The van der Waals surface area contributed by atoms with Crippen LogP contribution in [0.2, 0.25) is 0 Å². The average molecular weight is 363 g/mol. The van der Waals surface area contributed by atoms with Crippen molar-refractivity contribution in [3.05, 3.63) is 88.5 Å². The number of benzene rings is 3. The van der Waals surface area contributed by atoms with Gasteiger partial charge in [0.05, 0.1) is 10.6 Å². The molecule has 0 unspecified atom stereocenters. The standard InChI is InChI=1S/C20H17N3O4/c1-14-6-2-3-7-17(14)21-20(24)22-18-8-4-5-9-19(18)27-16-12-10-15(11-13-16)23(25)26/h2-13H,1H3,(H2,21,22,24). The fourth-order valence-electron chi connectivity index (χ4n) is 2.41. The molecule has 0 saturated carbocycles. The average Bonchev–Trinajstić information content (AvgIpc) is 2.66. The Morgan fingerprint density at radius 2 is 1.48 bits per heavy atom. The third-order valence-electron chi connectivity index (χ3n) is 3.80. The quantitative estimate of drug-likeness (QED) is 0.472. The van der Waals surface area contributed by atoms with E-state index in [2.05, 4.69) is 10.6 Å². The summed E-state index contributed by atoms with van der Waals surface area (Å²) in [5, 5.41) is 16.3. The molecule has 0 fully saturated rings. The second-order valence-corrected chi connectivity index (χ2v) is 5.74. The summed E-state index contributed by atoms with van der Waals surface area (Å²) >= 11 is 0. The molecule has 3 aromatic carbocycles. The van der Waals surface area contributed by atoms with Crippen molar-refractivity contribution < 1.29 is 14.5 Å². The topological polar surface area (TPSA) is 93.5 Å². The number of nitro benzene ring substituents is 1. The lowest BCUT2D eigenvalue weighted by molar-refractivity contribution is -0.384. The van der Waals surface area contributed by atoms with Gasteiger partial charge < -0.3 is 15.4 Å². The van der Waals surface area contributed by atoms with Gasteiger partial charge in [-0.15, -0.1) is 0 Å². The Bertz CT molecular complexity index is 971. The summed E-state index contributed by atoms with van der Waals surface area (Å²) in [5.41, 5.74) is 2.11. The van der Waals surface area contributed by atoms with E-state index in [-0.39, 0.29) is 5.69 Å². The van der Waals surface area contributed by atoms with E-state index in [0.717, 1.165) is 5.56 Å². The first-order valence-electron chi connectivity index (χ1n) is 8.18. The SMILES string of the molecule is Cc1ccccc1NC(=O)Nc1ccccc1Oc1ccc([N+](=O)[O-])cc1. The summed E-state index contributed by atoms with van der Waals surface area (Å²) in [5.74, 6) is 0.848. The van der Waals surface area contributed by atoms with E-state index in [4.69, 9.17) is 4.74 Å². The van der Waals surface area contributed by atoms with E-state index in [0.29, 0.717) is 22.9 Å². The number of nitrogens with zero attached hydrogens (tertiary/aromatic N) is 1. The number of hydrogen-bond acceptors (Lipinski definition) is 4. The second-order valence-electron chi connectivity index (χ2n) is 5.74. The molecule has 0 aromatic heterocycles. The van der Waals surface area contributed by atoms with Crippen LogP contribution in [-0.2, 0) is 0 Å². The van der Waals surface area contributed by atoms with E-state index in [1.54, 1.807) is 24.3 Å². The molecular weight excluding hydrogens is 346 g/mol. The zero-order valence-electron chi connectivity index (χ0n) is 14.5. The van der Waals surface area contributed by atoms with E-state index in [1.807, 2.05) is 31.2 Å². The Hall–Kier alpha value is -3.87. The zero-order chi connectivity index (χ0) is 19.2. The van der Waals surface area contributed by atoms with Crippen molar-refractivity contribution >= 4 is 23.1 Å². The molecular formula is C20H17N3O4. The minimum atomic E-state index is -0.477. The van der Waals surface area contributed by atoms with Crippen molar-refractivity contribution in [3.8, 4) is 11.5 Å². The number of carbonyl (C=O) groups is 1. The van der Waals surface area contributed by atoms with Gasteiger partial charge in [0, 0.05) is 17.8 Å². The van der Waals surface area contributed by atoms with Crippen LogP contribution in [-0.4, -0.2) is 11.0 Å². The molecule has 0 bridgehead atoms. The Kier molecular flexibility index (Phi) is 5.32.